The third-order valence-corrected chi connectivity index (χ3v) is 2.35. The summed E-state index contributed by atoms with van der Waals surface area (Å²) in [5, 5.41) is 11.3. The lowest BCUT2D eigenvalue weighted by Crippen LogP contribution is -2.25. The van der Waals surface area contributed by atoms with Gasteiger partial charge >= 0.3 is 11.9 Å². The standard InChI is InChI=1S/C13H14N2O5/c1-4-20-13(17)12(16)15-9-6-11(19-3)10(18-2)5-8(9)7-14/h5-6H,4H2,1-3H3,(H,15,16). The number of carbonyl (C=O) groups is 2. The Morgan fingerprint density at radius 1 is 1.25 bits per heavy atom. The van der Waals surface area contributed by atoms with Gasteiger partial charge in [-0.2, -0.15) is 5.26 Å². The Hall–Kier alpha value is -2.75. The van der Waals surface area contributed by atoms with Gasteiger partial charge in [-0.05, 0) is 6.92 Å². The van der Waals surface area contributed by atoms with Crippen LogP contribution in [0.1, 0.15) is 12.5 Å². The summed E-state index contributed by atoms with van der Waals surface area (Å²) in [4.78, 5) is 22.8. The molecule has 1 N–H and O–H groups in total. The predicted molar refractivity (Wildman–Crippen MR) is 69.5 cm³/mol. The van der Waals surface area contributed by atoms with E-state index in [2.05, 4.69) is 10.1 Å². The van der Waals surface area contributed by atoms with Crippen LogP contribution in [0.3, 0.4) is 0 Å². The van der Waals surface area contributed by atoms with Crippen molar-refractivity contribution in [3.8, 4) is 17.6 Å². The highest BCUT2D eigenvalue weighted by Gasteiger charge is 2.18. The summed E-state index contributed by atoms with van der Waals surface area (Å²) in [5.41, 5.74) is 0.281. The molecule has 0 atom stereocenters. The van der Waals surface area contributed by atoms with Crippen molar-refractivity contribution in [1.29, 1.82) is 5.26 Å². The first-order chi connectivity index (χ1) is 9.57. The van der Waals surface area contributed by atoms with E-state index in [0.29, 0.717) is 11.5 Å². The third-order valence-electron chi connectivity index (χ3n) is 2.35. The molecular formula is C13H14N2O5. The maximum Gasteiger partial charge on any atom is 0.397 e. The molecule has 0 saturated heterocycles. The summed E-state index contributed by atoms with van der Waals surface area (Å²) < 4.78 is 14.7. The van der Waals surface area contributed by atoms with Gasteiger partial charge in [0.15, 0.2) is 11.5 Å². The van der Waals surface area contributed by atoms with Gasteiger partial charge in [0.05, 0.1) is 32.1 Å². The van der Waals surface area contributed by atoms with Crippen molar-refractivity contribution in [2.75, 3.05) is 26.1 Å². The molecule has 20 heavy (non-hydrogen) atoms. The molecule has 7 nitrogen and oxygen atoms in total. The van der Waals surface area contributed by atoms with Crippen LogP contribution in [-0.4, -0.2) is 32.7 Å². The van der Waals surface area contributed by atoms with E-state index < -0.39 is 11.9 Å². The molecule has 1 aromatic rings. The summed E-state index contributed by atoms with van der Waals surface area (Å²) in [5.74, 6) is -1.31. The summed E-state index contributed by atoms with van der Waals surface area (Å²) in [6.45, 7) is 1.67. The van der Waals surface area contributed by atoms with Crippen molar-refractivity contribution < 1.29 is 23.8 Å². The lowest BCUT2D eigenvalue weighted by Gasteiger charge is -2.12. The van der Waals surface area contributed by atoms with Gasteiger partial charge in [0.2, 0.25) is 0 Å². The van der Waals surface area contributed by atoms with E-state index in [9.17, 15) is 9.59 Å². The number of nitrogens with one attached hydrogen (secondary N) is 1. The second-order valence-corrected chi connectivity index (χ2v) is 3.54. The minimum Gasteiger partial charge on any atom is -0.493 e. The molecule has 1 rings (SSSR count). The topological polar surface area (TPSA) is 97.7 Å². The molecule has 0 unspecified atom stereocenters. The van der Waals surface area contributed by atoms with Gasteiger partial charge in [0, 0.05) is 12.1 Å². The van der Waals surface area contributed by atoms with Crippen LogP contribution in [0.25, 0.3) is 0 Å². The Balaban J connectivity index is 3.09. The van der Waals surface area contributed by atoms with Crippen molar-refractivity contribution in [2.24, 2.45) is 0 Å². The largest absolute Gasteiger partial charge is 0.493 e. The smallest absolute Gasteiger partial charge is 0.397 e. The monoisotopic (exact) mass is 278 g/mol. The zero-order valence-corrected chi connectivity index (χ0v) is 11.4. The summed E-state index contributed by atoms with van der Waals surface area (Å²) in [6.07, 6.45) is 0. The fourth-order valence-electron chi connectivity index (χ4n) is 1.44. The zero-order valence-electron chi connectivity index (χ0n) is 11.4. The molecule has 0 aliphatic carbocycles. The highest BCUT2D eigenvalue weighted by atomic mass is 16.5. The number of ether oxygens (including phenoxy) is 3. The van der Waals surface area contributed by atoms with Crippen molar-refractivity contribution in [3.05, 3.63) is 17.7 Å². The molecule has 0 bridgehead atoms. The summed E-state index contributed by atoms with van der Waals surface area (Å²) >= 11 is 0. The number of nitriles is 1. The molecular weight excluding hydrogens is 264 g/mol. The average Bonchev–Trinajstić information content (AvgIpc) is 2.46. The van der Waals surface area contributed by atoms with Crippen molar-refractivity contribution in [2.45, 2.75) is 6.92 Å². The van der Waals surface area contributed by atoms with Crippen molar-refractivity contribution in [3.63, 3.8) is 0 Å². The first kappa shape index (κ1) is 15.3. The minimum atomic E-state index is -1.02. The Labute approximate surface area is 116 Å². The van der Waals surface area contributed by atoms with Crippen LogP contribution in [-0.2, 0) is 14.3 Å². The molecule has 0 spiro atoms. The molecule has 1 aromatic carbocycles. The van der Waals surface area contributed by atoms with Gasteiger partial charge in [-0.25, -0.2) is 4.79 Å². The van der Waals surface area contributed by atoms with E-state index in [1.807, 2.05) is 6.07 Å². The molecule has 106 valence electrons. The Bertz CT molecular complexity index is 563. The zero-order chi connectivity index (χ0) is 15.1. The van der Waals surface area contributed by atoms with Crippen LogP contribution in [0.2, 0.25) is 0 Å². The highest BCUT2D eigenvalue weighted by molar-refractivity contribution is 6.37. The predicted octanol–water partition coefficient (Wildman–Crippen LogP) is 1.08. The molecule has 0 heterocycles. The minimum absolute atomic E-state index is 0.0866. The summed E-state index contributed by atoms with van der Waals surface area (Å²) in [7, 11) is 2.84. The number of nitrogens with zero attached hydrogens (tertiary/aromatic N) is 1. The van der Waals surface area contributed by atoms with E-state index in [0.717, 1.165) is 0 Å². The lowest BCUT2D eigenvalue weighted by molar-refractivity contribution is -0.152. The van der Waals surface area contributed by atoms with E-state index in [1.165, 1.54) is 26.4 Å². The molecule has 0 radical (unpaired) electrons. The number of benzene rings is 1. The number of rotatable bonds is 4. The van der Waals surface area contributed by atoms with Crippen LogP contribution >= 0.6 is 0 Å². The van der Waals surface area contributed by atoms with Crippen LogP contribution in [0.5, 0.6) is 11.5 Å². The summed E-state index contributed by atoms with van der Waals surface area (Å²) in [6, 6.07) is 4.70. The third kappa shape index (κ3) is 3.38. The normalized spacial score (nSPS) is 9.30. The Morgan fingerprint density at radius 3 is 2.35 bits per heavy atom. The van der Waals surface area contributed by atoms with Gasteiger partial charge in [-0.15, -0.1) is 0 Å². The van der Waals surface area contributed by atoms with Crippen LogP contribution in [0, 0.1) is 11.3 Å². The number of carbonyl (C=O) groups excluding carboxylic acids is 2. The highest BCUT2D eigenvalue weighted by Crippen LogP contribution is 2.32. The van der Waals surface area contributed by atoms with Gasteiger partial charge in [0.1, 0.15) is 6.07 Å². The van der Waals surface area contributed by atoms with Crippen LogP contribution in [0.4, 0.5) is 5.69 Å². The van der Waals surface area contributed by atoms with E-state index >= 15 is 0 Å². The fraction of sp³-hybridized carbons (Fsp3) is 0.308. The molecule has 0 fully saturated rings. The van der Waals surface area contributed by atoms with E-state index in [-0.39, 0.29) is 17.9 Å². The molecule has 1 amide bonds. The number of anilines is 1. The first-order valence-electron chi connectivity index (χ1n) is 5.71. The average molecular weight is 278 g/mol. The van der Waals surface area contributed by atoms with Crippen LogP contribution < -0.4 is 14.8 Å². The van der Waals surface area contributed by atoms with Gasteiger partial charge in [-0.1, -0.05) is 0 Å². The molecule has 0 aliphatic heterocycles. The van der Waals surface area contributed by atoms with Gasteiger partial charge in [-0.3, -0.25) is 4.79 Å². The second kappa shape index (κ2) is 6.99. The Kier molecular flexibility index (Phi) is 5.35. The maximum absolute atomic E-state index is 11.6. The quantitative estimate of drug-likeness (QED) is 0.653. The number of methoxy groups -OCH3 is 2. The first-order valence-corrected chi connectivity index (χ1v) is 5.71. The van der Waals surface area contributed by atoms with Gasteiger partial charge < -0.3 is 19.5 Å². The van der Waals surface area contributed by atoms with Crippen molar-refractivity contribution >= 4 is 17.6 Å². The maximum atomic E-state index is 11.6. The number of esters is 1. The molecule has 0 aliphatic rings. The molecule has 7 heteroatoms. The number of amides is 1. The number of hydrogen-bond acceptors (Lipinski definition) is 6. The van der Waals surface area contributed by atoms with E-state index in [1.54, 1.807) is 6.92 Å². The SMILES string of the molecule is CCOC(=O)C(=O)Nc1cc(OC)c(OC)cc1C#N. The Morgan fingerprint density at radius 2 is 1.85 bits per heavy atom. The van der Waals surface area contributed by atoms with E-state index in [4.69, 9.17) is 14.7 Å². The molecule has 0 saturated carbocycles. The number of hydrogen-bond donors (Lipinski definition) is 1. The fourth-order valence-corrected chi connectivity index (χ4v) is 1.44. The van der Waals surface area contributed by atoms with Crippen molar-refractivity contribution in [1.82, 2.24) is 0 Å². The lowest BCUT2D eigenvalue weighted by atomic mass is 10.1. The van der Waals surface area contributed by atoms with Crippen LogP contribution in [0.15, 0.2) is 12.1 Å². The van der Waals surface area contributed by atoms with Gasteiger partial charge in [0.25, 0.3) is 0 Å². The molecule has 0 aromatic heterocycles. The second-order valence-electron chi connectivity index (χ2n) is 3.54.